The Bertz CT molecular complexity index is 3450. The quantitative estimate of drug-likeness (QED) is 0.148. The second-order valence-corrected chi connectivity index (χ2v) is 16.8. The molecule has 0 aliphatic heterocycles. The number of anilines is 3. The van der Waals surface area contributed by atoms with E-state index in [2.05, 4.69) is 266 Å². The molecule has 64 heavy (non-hydrogen) atoms. The highest BCUT2D eigenvalue weighted by atomic mass is 15.1. The van der Waals surface area contributed by atoms with Gasteiger partial charge in [-0.3, -0.25) is 0 Å². The normalized spacial score (nSPS) is 14.0. The molecule has 1 aliphatic carbocycles. The van der Waals surface area contributed by atoms with Crippen molar-refractivity contribution in [3.05, 3.63) is 283 Å². The molecule has 0 amide bonds. The Kier molecular flexibility index (Phi) is 9.13. The Labute approximate surface area is 374 Å². The molecular formula is C63H43N. The lowest BCUT2D eigenvalue weighted by Gasteiger charge is -2.42. The van der Waals surface area contributed by atoms with Crippen LogP contribution < -0.4 is 4.90 Å². The van der Waals surface area contributed by atoms with Crippen molar-refractivity contribution in [3.63, 3.8) is 0 Å². The Hall–Kier alpha value is -8.26. The topological polar surface area (TPSA) is 3.24 Å². The molecule has 1 nitrogen and oxygen atoms in total. The maximum absolute atomic E-state index is 2.43. The Morgan fingerprint density at radius 2 is 0.719 bits per heavy atom. The van der Waals surface area contributed by atoms with Crippen LogP contribution in [0.3, 0.4) is 0 Å². The minimum Gasteiger partial charge on any atom is -0.311 e. The molecule has 1 unspecified atom stereocenters. The van der Waals surface area contributed by atoms with E-state index in [0.29, 0.717) is 0 Å². The van der Waals surface area contributed by atoms with Gasteiger partial charge in [-0.1, -0.05) is 218 Å². The monoisotopic (exact) mass is 813 g/mol. The van der Waals surface area contributed by atoms with Crippen LogP contribution in [-0.4, -0.2) is 0 Å². The zero-order chi connectivity index (χ0) is 42.5. The maximum Gasteiger partial charge on any atom is 0.0713 e. The van der Waals surface area contributed by atoms with E-state index >= 15 is 0 Å². The van der Waals surface area contributed by atoms with Gasteiger partial charge in [0.2, 0.25) is 0 Å². The van der Waals surface area contributed by atoms with Crippen LogP contribution in [0.2, 0.25) is 0 Å². The minimum atomic E-state index is -0.525. The molecule has 0 saturated heterocycles. The summed E-state index contributed by atoms with van der Waals surface area (Å²) in [5.41, 5.74) is 17.7. The van der Waals surface area contributed by atoms with E-state index < -0.39 is 5.41 Å². The van der Waals surface area contributed by atoms with E-state index in [1.807, 2.05) is 0 Å². The molecule has 12 rings (SSSR count). The van der Waals surface area contributed by atoms with E-state index in [-0.39, 0.29) is 0 Å². The fraction of sp³-hybridized carbons (Fsp3) is 0.0159. The second kappa shape index (κ2) is 15.6. The molecule has 0 bridgehead atoms. The Balaban J connectivity index is 0.968. The van der Waals surface area contributed by atoms with Gasteiger partial charge in [0.15, 0.2) is 0 Å². The Morgan fingerprint density at radius 3 is 1.44 bits per heavy atom. The van der Waals surface area contributed by atoms with Crippen LogP contribution in [0.15, 0.2) is 261 Å². The summed E-state index contributed by atoms with van der Waals surface area (Å²) in [6, 6.07) is 95.8. The summed E-state index contributed by atoms with van der Waals surface area (Å²) in [7, 11) is 0. The molecule has 0 fully saturated rings. The van der Waals surface area contributed by atoms with Gasteiger partial charge in [-0.2, -0.15) is 0 Å². The van der Waals surface area contributed by atoms with Crippen molar-refractivity contribution in [2.75, 3.05) is 4.90 Å². The third-order valence-electron chi connectivity index (χ3n) is 13.3. The van der Waals surface area contributed by atoms with Crippen LogP contribution in [0, 0.1) is 0 Å². The van der Waals surface area contributed by atoms with Gasteiger partial charge in [0.05, 0.1) is 5.41 Å². The summed E-state index contributed by atoms with van der Waals surface area (Å²) >= 11 is 0. The molecule has 1 atom stereocenters. The van der Waals surface area contributed by atoms with Crippen molar-refractivity contribution in [2.45, 2.75) is 5.41 Å². The lowest BCUT2D eigenvalue weighted by Crippen LogP contribution is -2.33. The molecular weight excluding hydrogens is 771 g/mol. The smallest absolute Gasteiger partial charge is 0.0713 e. The summed E-state index contributed by atoms with van der Waals surface area (Å²) in [4.78, 5) is 2.36. The highest BCUT2D eigenvalue weighted by molar-refractivity contribution is 6.05. The summed E-state index contributed by atoms with van der Waals surface area (Å²) in [6.45, 7) is 0. The molecule has 0 aromatic heterocycles. The first kappa shape index (κ1) is 37.5. The van der Waals surface area contributed by atoms with E-state index in [4.69, 9.17) is 0 Å². The van der Waals surface area contributed by atoms with Gasteiger partial charge < -0.3 is 4.90 Å². The first-order valence-electron chi connectivity index (χ1n) is 22.2. The summed E-state index contributed by atoms with van der Waals surface area (Å²) < 4.78 is 0. The first-order chi connectivity index (χ1) is 31.7. The number of benzene rings is 11. The van der Waals surface area contributed by atoms with Crippen LogP contribution in [0.1, 0.15) is 22.3 Å². The molecule has 0 N–H and O–H groups in total. The number of rotatable bonds is 8. The summed E-state index contributed by atoms with van der Waals surface area (Å²) in [5, 5.41) is 5.09. The third-order valence-corrected chi connectivity index (χ3v) is 13.3. The number of fused-ring (bicyclic) bond motifs is 3. The standard InChI is InChI=1S/C63H43N/c1-3-15-44(16-4-1)45-31-37-53(38-32-45)64(55-41-35-48(36-42-55)57-27-12-18-47-17-7-8-25-56(47)57)54-39-33-46(34-40-54)50-21-11-24-52(43-50)63(51-22-5-2-6-23-51)60-29-10-9-26-58(60)59-28-13-19-49-20-14-30-61(63)62(49)59/h1-43H. The highest BCUT2D eigenvalue weighted by Gasteiger charge is 2.44. The van der Waals surface area contributed by atoms with Gasteiger partial charge in [-0.25, -0.2) is 0 Å². The van der Waals surface area contributed by atoms with Gasteiger partial charge in [0.25, 0.3) is 0 Å². The van der Waals surface area contributed by atoms with Gasteiger partial charge in [-0.15, -0.1) is 0 Å². The lowest BCUT2D eigenvalue weighted by molar-refractivity contribution is 0.750. The predicted octanol–water partition coefficient (Wildman–Crippen LogP) is 16.8. The van der Waals surface area contributed by atoms with Crippen molar-refractivity contribution in [2.24, 2.45) is 0 Å². The minimum absolute atomic E-state index is 0.525. The van der Waals surface area contributed by atoms with E-state index in [0.717, 1.165) is 17.1 Å². The zero-order valence-electron chi connectivity index (χ0n) is 35.3. The van der Waals surface area contributed by atoms with Crippen LogP contribution >= 0.6 is 0 Å². The molecule has 1 aliphatic rings. The molecule has 0 radical (unpaired) electrons. The van der Waals surface area contributed by atoms with Crippen molar-refractivity contribution in [1.29, 1.82) is 0 Å². The van der Waals surface area contributed by atoms with Crippen LogP contribution in [-0.2, 0) is 5.41 Å². The molecule has 11 aromatic rings. The van der Waals surface area contributed by atoms with Crippen LogP contribution in [0.5, 0.6) is 0 Å². The van der Waals surface area contributed by atoms with E-state index in [1.54, 1.807) is 0 Å². The third kappa shape index (κ3) is 6.16. The van der Waals surface area contributed by atoms with Crippen molar-refractivity contribution in [1.82, 2.24) is 0 Å². The largest absolute Gasteiger partial charge is 0.311 e. The molecule has 0 heterocycles. The lowest BCUT2D eigenvalue weighted by atomic mass is 9.59. The fourth-order valence-electron chi connectivity index (χ4n) is 10.4. The number of nitrogens with zero attached hydrogens (tertiary/aromatic N) is 1. The first-order valence-corrected chi connectivity index (χ1v) is 22.2. The molecule has 11 aromatic carbocycles. The van der Waals surface area contributed by atoms with Crippen molar-refractivity contribution in [3.8, 4) is 44.5 Å². The maximum atomic E-state index is 2.43. The van der Waals surface area contributed by atoms with Crippen LogP contribution in [0.4, 0.5) is 17.1 Å². The highest BCUT2D eigenvalue weighted by Crippen LogP contribution is 2.55. The average molecular weight is 814 g/mol. The van der Waals surface area contributed by atoms with Gasteiger partial charge >= 0.3 is 0 Å². The van der Waals surface area contributed by atoms with E-state index in [1.165, 1.54) is 88.3 Å². The molecule has 300 valence electrons. The second-order valence-electron chi connectivity index (χ2n) is 16.8. The summed E-state index contributed by atoms with van der Waals surface area (Å²) in [5.74, 6) is 0. The summed E-state index contributed by atoms with van der Waals surface area (Å²) in [6.07, 6.45) is 0. The van der Waals surface area contributed by atoms with Gasteiger partial charge in [0.1, 0.15) is 0 Å². The van der Waals surface area contributed by atoms with Gasteiger partial charge in [-0.05, 0) is 131 Å². The SMILES string of the molecule is c1ccc(-c2ccc(N(c3ccc(-c4cccc(C5(c6ccccc6)c6ccccc6-c6cccc7cccc5c67)c4)cc3)c3ccc(-c4cccc5ccccc45)cc3)cc2)cc1. The molecule has 0 spiro atoms. The van der Waals surface area contributed by atoms with E-state index in [9.17, 15) is 0 Å². The van der Waals surface area contributed by atoms with Crippen molar-refractivity contribution >= 4 is 38.6 Å². The number of hydrogen-bond acceptors (Lipinski definition) is 1. The van der Waals surface area contributed by atoms with Crippen LogP contribution in [0.25, 0.3) is 66.1 Å². The molecule has 0 saturated carbocycles. The van der Waals surface area contributed by atoms with Crippen molar-refractivity contribution < 1.29 is 0 Å². The predicted molar refractivity (Wildman–Crippen MR) is 270 cm³/mol. The number of hydrogen-bond donors (Lipinski definition) is 0. The fourth-order valence-corrected chi connectivity index (χ4v) is 10.4. The van der Waals surface area contributed by atoms with Gasteiger partial charge in [0, 0.05) is 17.1 Å². The Morgan fingerprint density at radius 1 is 0.266 bits per heavy atom. The average Bonchev–Trinajstić information content (AvgIpc) is 3.38. The zero-order valence-corrected chi connectivity index (χ0v) is 35.3. The molecule has 1 heteroatoms.